The van der Waals surface area contributed by atoms with Gasteiger partial charge in [-0.1, -0.05) is 35.9 Å². The summed E-state index contributed by atoms with van der Waals surface area (Å²) in [5.41, 5.74) is 2.87. The van der Waals surface area contributed by atoms with Crippen LogP contribution in [0.5, 0.6) is 0 Å². The van der Waals surface area contributed by atoms with E-state index in [1.54, 1.807) is 12.1 Å². The number of aromatic nitrogens is 1. The quantitative estimate of drug-likeness (QED) is 0.778. The highest BCUT2D eigenvalue weighted by Crippen LogP contribution is 2.27. The summed E-state index contributed by atoms with van der Waals surface area (Å²) in [6.07, 6.45) is 1.83. The Morgan fingerprint density at radius 1 is 1.10 bits per heavy atom. The van der Waals surface area contributed by atoms with Crippen molar-refractivity contribution in [2.24, 2.45) is 0 Å². The van der Waals surface area contributed by atoms with E-state index in [0.717, 1.165) is 22.0 Å². The van der Waals surface area contributed by atoms with Crippen LogP contribution >= 0.6 is 11.6 Å². The second-order valence-corrected chi connectivity index (χ2v) is 5.26. The van der Waals surface area contributed by atoms with Crippen LogP contribution in [0.25, 0.3) is 10.9 Å². The van der Waals surface area contributed by atoms with Gasteiger partial charge in [0.1, 0.15) is 5.82 Å². The number of pyridine rings is 1. The molecule has 3 aromatic rings. The minimum absolute atomic E-state index is 0.0831. The van der Waals surface area contributed by atoms with E-state index in [0.29, 0.717) is 0 Å². The molecule has 1 unspecified atom stereocenters. The van der Waals surface area contributed by atoms with Crippen LogP contribution < -0.4 is 5.32 Å². The van der Waals surface area contributed by atoms with Crippen LogP contribution in [0.3, 0.4) is 0 Å². The Morgan fingerprint density at radius 3 is 2.67 bits per heavy atom. The molecule has 1 heterocycles. The van der Waals surface area contributed by atoms with Crippen molar-refractivity contribution in [2.75, 3.05) is 7.05 Å². The second kappa shape index (κ2) is 5.80. The van der Waals surface area contributed by atoms with Crippen molar-refractivity contribution in [3.05, 3.63) is 76.7 Å². The predicted molar refractivity (Wildman–Crippen MR) is 84.1 cm³/mol. The molecule has 0 aliphatic rings. The highest BCUT2D eigenvalue weighted by atomic mass is 35.5. The normalized spacial score (nSPS) is 12.5. The minimum Gasteiger partial charge on any atom is -0.309 e. The standard InChI is InChI=1S/C17H14ClFN2/c1-20-17(12-6-7-15(19)14(18)9-12)13-8-11-4-2-3-5-16(11)21-10-13/h2-10,17,20H,1H3. The molecule has 0 fully saturated rings. The fourth-order valence-electron chi connectivity index (χ4n) is 2.46. The van der Waals surface area contributed by atoms with E-state index < -0.39 is 5.82 Å². The number of benzene rings is 2. The molecule has 1 aromatic heterocycles. The summed E-state index contributed by atoms with van der Waals surface area (Å²) in [5, 5.41) is 4.42. The van der Waals surface area contributed by atoms with E-state index in [4.69, 9.17) is 11.6 Å². The summed E-state index contributed by atoms with van der Waals surface area (Å²) in [6.45, 7) is 0. The third kappa shape index (κ3) is 2.75. The number of hydrogen-bond acceptors (Lipinski definition) is 2. The van der Waals surface area contributed by atoms with Crippen LogP contribution in [0.2, 0.25) is 5.02 Å². The second-order valence-electron chi connectivity index (χ2n) is 4.86. The van der Waals surface area contributed by atoms with Gasteiger partial charge in [0.2, 0.25) is 0 Å². The average molecular weight is 301 g/mol. The molecule has 106 valence electrons. The van der Waals surface area contributed by atoms with E-state index in [9.17, 15) is 4.39 Å². The molecule has 0 amide bonds. The third-order valence-electron chi connectivity index (χ3n) is 3.51. The Balaban J connectivity index is 2.06. The molecule has 0 radical (unpaired) electrons. The Bertz CT molecular complexity index is 789. The fourth-order valence-corrected chi connectivity index (χ4v) is 2.65. The number of para-hydroxylation sites is 1. The molecular weight excluding hydrogens is 287 g/mol. The Morgan fingerprint density at radius 2 is 1.90 bits per heavy atom. The fraction of sp³-hybridized carbons (Fsp3) is 0.118. The van der Waals surface area contributed by atoms with Gasteiger partial charge < -0.3 is 5.32 Å². The van der Waals surface area contributed by atoms with Gasteiger partial charge in [0.15, 0.2) is 0 Å². The lowest BCUT2D eigenvalue weighted by molar-refractivity contribution is 0.624. The van der Waals surface area contributed by atoms with Gasteiger partial charge in [-0.05, 0) is 42.4 Å². The lowest BCUT2D eigenvalue weighted by Gasteiger charge is -2.18. The summed E-state index contributed by atoms with van der Waals surface area (Å²) >= 11 is 5.88. The van der Waals surface area contributed by atoms with Crippen LogP contribution in [0, 0.1) is 5.82 Å². The maximum atomic E-state index is 13.3. The van der Waals surface area contributed by atoms with Crippen LogP contribution in [0.1, 0.15) is 17.2 Å². The predicted octanol–water partition coefficient (Wildman–Crippen LogP) is 4.34. The summed E-state index contributed by atoms with van der Waals surface area (Å²) in [7, 11) is 1.86. The van der Waals surface area contributed by atoms with Gasteiger partial charge in [-0.15, -0.1) is 0 Å². The van der Waals surface area contributed by atoms with Gasteiger partial charge in [0, 0.05) is 11.6 Å². The van der Waals surface area contributed by atoms with Crippen molar-refractivity contribution in [1.82, 2.24) is 10.3 Å². The molecule has 0 saturated heterocycles. The largest absolute Gasteiger partial charge is 0.309 e. The van der Waals surface area contributed by atoms with Crippen molar-refractivity contribution in [1.29, 1.82) is 0 Å². The third-order valence-corrected chi connectivity index (χ3v) is 3.80. The lowest BCUT2D eigenvalue weighted by Crippen LogP contribution is -2.18. The van der Waals surface area contributed by atoms with Crippen molar-refractivity contribution in [2.45, 2.75) is 6.04 Å². The van der Waals surface area contributed by atoms with Crippen molar-refractivity contribution in [3.8, 4) is 0 Å². The molecule has 4 heteroatoms. The number of hydrogen-bond donors (Lipinski definition) is 1. The summed E-state index contributed by atoms with van der Waals surface area (Å²) in [6, 6.07) is 14.7. The SMILES string of the molecule is CNC(c1ccc(F)c(Cl)c1)c1cnc2ccccc2c1. The van der Waals surface area contributed by atoms with Gasteiger partial charge in [-0.3, -0.25) is 4.98 Å². The van der Waals surface area contributed by atoms with E-state index >= 15 is 0 Å². The Labute approximate surface area is 127 Å². The van der Waals surface area contributed by atoms with Gasteiger partial charge in [-0.25, -0.2) is 4.39 Å². The number of nitrogens with one attached hydrogen (secondary N) is 1. The van der Waals surface area contributed by atoms with Crippen LogP contribution in [-0.2, 0) is 0 Å². The average Bonchev–Trinajstić information content (AvgIpc) is 2.51. The molecule has 1 N–H and O–H groups in total. The molecule has 3 rings (SSSR count). The van der Waals surface area contributed by atoms with Crippen LogP contribution in [-0.4, -0.2) is 12.0 Å². The maximum Gasteiger partial charge on any atom is 0.141 e. The first-order chi connectivity index (χ1) is 10.2. The molecule has 21 heavy (non-hydrogen) atoms. The van der Waals surface area contributed by atoms with Crippen LogP contribution in [0.15, 0.2) is 54.7 Å². The van der Waals surface area contributed by atoms with E-state index in [1.807, 2.05) is 37.5 Å². The van der Waals surface area contributed by atoms with Crippen LogP contribution in [0.4, 0.5) is 4.39 Å². The molecule has 0 aliphatic heterocycles. The molecule has 0 bridgehead atoms. The highest BCUT2D eigenvalue weighted by molar-refractivity contribution is 6.30. The first kappa shape index (κ1) is 14.0. The van der Waals surface area contributed by atoms with E-state index in [-0.39, 0.29) is 11.1 Å². The number of fused-ring (bicyclic) bond motifs is 1. The number of halogens is 2. The smallest absolute Gasteiger partial charge is 0.141 e. The molecular formula is C17H14ClFN2. The number of rotatable bonds is 3. The van der Waals surface area contributed by atoms with Gasteiger partial charge in [-0.2, -0.15) is 0 Å². The van der Waals surface area contributed by atoms with Gasteiger partial charge in [0.25, 0.3) is 0 Å². The molecule has 2 aromatic carbocycles. The summed E-state index contributed by atoms with van der Waals surface area (Å²) in [4.78, 5) is 4.47. The zero-order valence-corrected chi connectivity index (χ0v) is 12.2. The highest BCUT2D eigenvalue weighted by Gasteiger charge is 2.14. The molecule has 0 saturated carbocycles. The first-order valence-corrected chi connectivity index (χ1v) is 7.04. The van der Waals surface area contributed by atoms with E-state index in [2.05, 4.69) is 16.4 Å². The zero-order chi connectivity index (χ0) is 14.8. The minimum atomic E-state index is -0.410. The lowest BCUT2D eigenvalue weighted by atomic mass is 9.99. The zero-order valence-electron chi connectivity index (χ0n) is 11.5. The Hall–Kier alpha value is -1.97. The summed E-state index contributed by atoms with van der Waals surface area (Å²) < 4.78 is 13.3. The maximum absolute atomic E-state index is 13.3. The van der Waals surface area contributed by atoms with Gasteiger partial charge in [0.05, 0.1) is 16.6 Å². The van der Waals surface area contributed by atoms with Crippen molar-refractivity contribution >= 4 is 22.5 Å². The Kier molecular flexibility index (Phi) is 3.86. The molecule has 1 atom stereocenters. The molecule has 2 nitrogen and oxygen atoms in total. The van der Waals surface area contributed by atoms with Crippen molar-refractivity contribution < 1.29 is 4.39 Å². The monoisotopic (exact) mass is 300 g/mol. The summed E-state index contributed by atoms with van der Waals surface area (Å²) in [5.74, 6) is -0.410. The van der Waals surface area contributed by atoms with Crippen molar-refractivity contribution in [3.63, 3.8) is 0 Å². The van der Waals surface area contributed by atoms with E-state index in [1.165, 1.54) is 6.07 Å². The topological polar surface area (TPSA) is 24.9 Å². The van der Waals surface area contributed by atoms with Gasteiger partial charge >= 0.3 is 0 Å². The first-order valence-electron chi connectivity index (χ1n) is 6.66. The molecule has 0 aliphatic carbocycles. The number of nitrogens with zero attached hydrogens (tertiary/aromatic N) is 1. The molecule has 0 spiro atoms.